The Hall–Kier alpha value is -0.320. The lowest BCUT2D eigenvalue weighted by Crippen LogP contribution is -2.64. The highest BCUT2D eigenvalue weighted by Gasteiger charge is 2.60. The first-order valence-corrected chi connectivity index (χ1v) is 18.6. The topological polar surface area (TPSA) is 132 Å². The molecule has 0 aromatic carbocycles. The number of aliphatic hydroxyl groups excluding tert-OH is 5. The van der Waals surface area contributed by atoms with Crippen molar-refractivity contribution in [3.05, 3.63) is 0 Å². The minimum atomic E-state index is -1.55. The number of methoxy groups -OCH3 is 1. The van der Waals surface area contributed by atoms with E-state index in [4.69, 9.17) is 9.47 Å². The van der Waals surface area contributed by atoms with E-state index in [-0.39, 0.29) is 6.42 Å². The molecule has 4 saturated carbocycles. The maximum atomic E-state index is 10.6. The third-order valence-corrected chi connectivity index (χ3v) is 14.4. The Kier molecular flexibility index (Phi) is 11.4. The average molecular weight is 638 g/mol. The number of aliphatic hydroxyl groups is 5. The molecule has 6 N–H and O–H groups in total. The van der Waals surface area contributed by atoms with Gasteiger partial charge in [0.05, 0.1) is 19.3 Å². The second-order valence-electron chi connectivity index (χ2n) is 17.2. The summed E-state index contributed by atoms with van der Waals surface area (Å²) in [6.07, 6.45) is 9.06. The fourth-order valence-corrected chi connectivity index (χ4v) is 11.7. The third-order valence-electron chi connectivity index (χ3n) is 14.4. The molecule has 8 nitrogen and oxygen atoms in total. The predicted octanol–water partition coefficient (Wildman–Crippen LogP) is 4.63. The Labute approximate surface area is 273 Å². The summed E-state index contributed by atoms with van der Waals surface area (Å²) in [7, 11) is 1.51. The molecule has 4 aliphatic carbocycles. The van der Waals surface area contributed by atoms with Crippen molar-refractivity contribution in [2.45, 2.75) is 160 Å². The zero-order valence-electron chi connectivity index (χ0n) is 29.2. The van der Waals surface area contributed by atoms with Crippen LogP contribution in [0.1, 0.15) is 118 Å². The molecule has 5 rings (SSSR count). The summed E-state index contributed by atoms with van der Waals surface area (Å²) in [5.41, 5.74) is 0.908. The van der Waals surface area contributed by atoms with Gasteiger partial charge >= 0.3 is 0 Å². The van der Waals surface area contributed by atoms with Gasteiger partial charge in [0.15, 0.2) is 5.79 Å². The van der Waals surface area contributed by atoms with Gasteiger partial charge in [-0.2, -0.15) is 0 Å². The molecule has 0 spiro atoms. The third kappa shape index (κ3) is 6.92. The molecule has 45 heavy (non-hydrogen) atoms. The largest absolute Gasteiger partial charge is 0.394 e. The Morgan fingerprint density at radius 1 is 0.911 bits per heavy atom. The lowest BCUT2D eigenvalue weighted by Gasteiger charge is -2.61. The fraction of sp³-hybridized carbons (Fsp3) is 1.00. The van der Waals surface area contributed by atoms with Crippen LogP contribution in [-0.4, -0.2) is 88.1 Å². The number of nitrogens with one attached hydrogen (secondary N) is 1. The Balaban J connectivity index is 1.19. The van der Waals surface area contributed by atoms with Crippen LogP contribution in [0, 0.1) is 52.3 Å². The van der Waals surface area contributed by atoms with E-state index in [9.17, 15) is 25.5 Å². The van der Waals surface area contributed by atoms with Gasteiger partial charge in [0, 0.05) is 19.6 Å². The summed E-state index contributed by atoms with van der Waals surface area (Å²) in [6, 6.07) is 0.307. The van der Waals surface area contributed by atoms with Gasteiger partial charge in [0.25, 0.3) is 0 Å². The lowest BCUT2D eigenvalue weighted by atomic mass is 9.44. The first kappa shape index (κ1) is 36.0. The molecule has 1 heterocycles. The van der Waals surface area contributed by atoms with Gasteiger partial charge in [-0.15, -0.1) is 0 Å². The minimum Gasteiger partial charge on any atom is -0.394 e. The van der Waals surface area contributed by atoms with E-state index < -0.39 is 42.9 Å². The maximum Gasteiger partial charge on any atom is 0.183 e. The number of ether oxygens (including phenoxy) is 2. The summed E-state index contributed by atoms with van der Waals surface area (Å²) in [5.74, 6) is 4.57. The smallest absolute Gasteiger partial charge is 0.183 e. The van der Waals surface area contributed by atoms with Crippen LogP contribution in [0.2, 0.25) is 0 Å². The zero-order valence-corrected chi connectivity index (χ0v) is 29.2. The van der Waals surface area contributed by atoms with Crippen molar-refractivity contribution in [1.29, 1.82) is 0 Å². The van der Waals surface area contributed by atoms with Gasteiger partial charge in [0.2, 0.25) is 0 Å². The van der Waals surface area contributed by atoms with Gasteiger partial charge < -0.3 is 40.3 Å². The van der Waals surface area contributed by atoms with Crippen molar-refractivity contribution < 1.29 is 35.0 Å². The Morgan fingerprint density at radius 2 is 1.62 bits per heavy atom. The highest BCUT2D eigenvalue weighted by Crippen LogP contribution is 2.68. The summed E-state index contributed by atoms with van der Waals surface area (Å²) >= 11 is 0. The van der Waals surface area contributed by atoms with Gasteiger partial charge in [-0.3, -0.25) is 0 Å². The minimum absolute atomic E-state index is 0.0468. The molecule has 1 aliphatic heterocycles. The molecule has 0 aromatic rings. The van der Waals surface area contributed by atoms with Crippen LogP contribution in [0.4, 0.5) is 0 Å². The zero-order chi connectivity index (χ0) is 32.7. The quantitative estimate of drug-likeness (QED) is 0.183. The molecular formula is C37H67NO7. The molecule has 0 aromatic heterocycles. The highest BCUT2D eigenvalue weighted by atomic mass is 16.7. The lowest BCUT2D eigenvalue weighted by molar-refractivity contribution is -0.327. The van der Waals surface area contributed by atoms with Crippen LogP contribution in [0.3, 0.4) is 0 Å². The molecule has 1 unspecified atom stereocenters. The van der Waals surface area contributed by atoms with E-state index in [1.54, 1.807) is 0 Å². The van der Waals surface area contributed by atoms with Gasteiger partial charge in [-0.05, 0) is 110 Å². The van der Waals surface area contributed by atoms with Crippen molar-refractivity contribution in [1.82, 2.24) is 5.32 Å². The van der Waals surface area contributed by atoms with Crippen LogP contribution < -0.4 is 5.32 Å². The molecule has 0 amide bonds. The highest BCUT2D eigenvalue weighted by molar-refractivity contribution is 5.10. The van der Waals surface area contributed by atoms with Gasteiger partial charge in [-0.1, -0.05) is 53.9 Å². The normalized spacial score (nSPS) is 47.1. The molecule has 5 aliphatic rings. The van der Waals surface area contributed by atoms with Crippen LogP contribution in [0.5, 0.6) is 0 Å². The van der Waals surface area contributed by atoms with Gasteiger partial charge in [-0.25, -0.2) is 0 Å². The number of hydrogen-bond acceptors (Lipinski definition) is 8. The molecule has 8 heteroatoms. The number of hydrogen-bond donors (Lipinski definition) is 6. The van der Waals surface area contributed by atoms with E-state index >= 15 is 0 Å². The predicted molar refractivity (Wildman–Crippen MR) is 175 cm³/mol. The Morgan fingerprint density at radius 3 is 2.31 bits per heavy atom. The van der Waals surface area contributed by atoms with E-state index in [1.165, 1.54) is 71.3 Å². The van der Waals surface area contributed by atoms with Crippen molar-refractivity contribution in [3.8, 4) is 0 Å². The summed E-state index contributed by atoms with van der Waals surface area (Å²) in [4.78, 5) is 0. The average Bonchev–Trinajstić information content (AvgIpc) is 3.38. The summed E-state index contributed by atoms with van der Waals surface area (Å²) in [6.45, 7) is 12.2. The van der Waals surface area contributed by atoms with Crippen LogP contribution in [0.25, 0.3) is 0 Å². The molecule has 0 radical (unpaired) electrons. The molecule has 1 saturated heterocycles. The maximum absolute atomic E-state index is 10.6. The van der Waals surface area contributed by atoms with Gasteiger partial charge in [0.1, 0.15) is 24.4 Å². The number of fused-ring (bicyclic) bond motifs is 5. The summed E-state index contributed by atoms with van der Waals surface area (Å²) < 4.78 is 11.8. The second-order valence-corrected chi connectivity index (χ2v) is 17.2. The summed E-state index contributed by atoms with van der Waals surface area (Å²) in [5, 5.41) is 54.7. The monoisotopic (exact) mass is 637 g/mol. The molecular weight excluding hydrogens is 570 g/mol. The van der Waals surface area contributed by atoms with Crippen molar-refractivity contribution >= 4 is 0 Å². The second kappa shape index (κ2) is 14.3. The SMILES string of the molecule is CO[C@]1(CN[C@H]2CC[C@@]3(C)C(CC[C@H]4[C@@H]5CC[C@H]([C@H](C)CCCC(C)C)[C@@]5(C)CC[C@@H]43)C2)C[C@H](O)[C@@H](O)[C@H]([C@H](O)[C@@H](O)CO)O1. The molecule has 5 fully saturated rings. The molecule has 262 valence electrons. The molecule has 0 bridgehead atoms. The first-order valence-electron chi connectivity index (χ1n) is 18.6. The van der Waals surface area contributed by atoms with Crippen LogP contribution in [-0.2, 0) is 9.47 Å². The first-order chi connectivity index (χ1) is 21.3. The van der Waals surface area contributed by atoms with Crippen LogP contribution in [0.15, 0.2) is 0 Å². The van der Waals surface area contributed by atoms with E-state index in [0.717, 1.165) is 48.3 Å². The van der Waals surface area contributed by atoms with Crippen molar-refractivity contribution in [3.63, 3.8) is 0 Å². The Bertz CT molecular complexity index is 967. The van der Waals surface area contributed by atoms with E-state index in [0.29, 0.717) is 29.3 Å². The van der Waals surface area contributed by atoms with E-state index in [1.807, 2.05) is 0 Å². The number of rotatable bonds is 12. The fourth-order valence-electron chi connectivity index (χ4n) is 11.7. The van der Waals surface area contributed by atoms with Crippen LogP contribution >= 0.6 is 0 Å². The van der Waals surface area contributed by atoms with E-state index in [2.05, 4.69) is 39.9 Å². The van der Waals surface area contributed by atoms with Crippen molar-refractivity contribution in [2.24, 2.45) is 52.3 Å². The van der Waals surface area contributed by atoms with Crippen molar-refractivity contribution in [2.75, 3.05) is 20.3 Å². The standard InChI is InChI=1S/C37H67NO7/c1-22(2)8-7-9-23(3)27-12-13-28-26-11-10-24-18-25(14-16-35(24,4)29(26)15-17-36(27,28)5)38-21-37(44-6)19-30(40)32(42)34(45-37)33(43)31(41)20-39/h22-34,38-43H,7-21H2,1-6H3/t23-,24?,25+,26+,27-,28+,29+,30+,31+,32-,33-,34-,35+,36-,37-/m1/s1. The molecule has 15 atom stereocenters.